The van der Waals surface area contributed by atoms with Crippen LogP contribution >= 0.6 is 11.3 Å². The molecule has 7 nitrogen and oxygen atoms in total. The zero-order valence-electron chi connectivity index (χ0n) is 11.2. The topological polar surface area (TPSA) is 70.8 Å². The normalized spacial score (nSPS) is 10.8. The van der Waals surface area contributed by atoms with Gasteiger partial charge in [0.15, 0.2) is 17.3 Å². The van der Waals surface area contributed by atoms with Crippen molar-refractivity contribution in [3.8, 4) is 28.6 Å². The molecule has 2 heterocycles. The molecule has 0 radical (unpaired) electrons. The van der Waals surface area contributed by atoms with E-state index in [0.29, 0.717) is 23.1 Å². The molecule has 0 unspecified atom stereocenters. The lowest BCUT2D eigenvalue weighted by Gasteiger charge is -2.13. The number of hydrogen-bond acceptors (Lipinski definition) is 7. The Bertz CT molecular complexity index is 727. The van der Waals surface area contributed by atoms with Gasteiger partial charge in [-0.3, -0.25) is 0 Å². The van der Waals surface area contributed by atoms with Crippen LogP contribution in [0.4, 0.5) is 0 Å². The lowest BCUT2D eigenvalue weighted by Crippen LogP contribution is -1.97. The van der Waals surface area contributed by atoms with Crippen molar-refractivity contribution in [2.75, 3.05) is 21.3 Å². The fourth-order valence-corrected chi connectivity index (χ4v) is 2.51. The molecule has 1 aromatic carbocycles. The smallest absolute Gasteiger partial charge is 0.234 e. The standard InChI is InChI=1S/C12H12N4O3S/c1-17-8-4-7(5-9(18-2)10(8)19-3)11-14-15-12-16(11)13-6-20-12/h4-6H,1-3H3. The predicted octanol–water partition coefficient (Wildman–Crippen LogP) is 1.88. The van der Waals surface area contributed by atoms with Crippen LogP contribution in [0.5, 0.6) is 17.2 Å². The van der Waals surface area contributed by atoms with Crippen LogP contribution in [0.15, 0.2) is 17.6 Å². The Morgan fingerprint density at radius 2 is 1.70 bits per heavy atom. The molecule has 3 rings (SSSR count). The number of nitrogens with zero attached hydrogens (tertiary/aromatic N) is 4. The summed E-state index contributed by atoms with van der Waals surface area (Å²) in [6, 6.07) is 3.63. The molecule has 0 spiro atoms. The third-order valence-electron chi connectivity index (χ3n) is 2.86. The molecule has 0 aliphatic carbocycles. The first-order chi connectivity index (χ1) is 9.78. The fourth-order valence-electron chi connectivity index (χ4n) is 1.95. The minimum atomic E-state index is 0.540. The third kappa shape index (κ3) is 1.85. The highest BCUT2D eigenvalue weighted by molar-refractivity contribution is 7.14. The Balaban J connectivity index is 2.21. The van der Waals surface area contributed by atoms with Crippen LogP contribution in [0, 0.1) is 0 Å². The Morgan fingerprint density at radius 3 is 2.30 bits per heavy atom. The van der Waals surface area contributed by atoms with Crippen LogP contribution in [0.3, 0.4) is 0 Å². The SMILES string of the molecule is COc1cc(-c2nnc3scnn23)cc(OC)c1OC. The second kappa shape index (κ2) is 4.97. The monoisotopic (exact) mass is 292 g/mol. The molecule has 0 amide bonds. The molecule has 0 fully saturated rings. The van der Waals surface area contributed by atoms with Gasteiger partial charge in [0.2, 0.25) is 10.7 Å². The molecule has 2 aromatic heterocycles. The third-order valence-corrected chi connectivity index (χ3v) is 3.52. The summed E-state index contributed by atoms with van der Waals surface area (Å²) in [5.74, 6) is 2.29. The van der Waals surface area contributed by atoms with E-state index >= 15 is 0 Å². The van der Waals surface area contributed by atoms with Gasteiger partial charge < -0.3 is 14.2 Å². The van der Waals surface area contributed by atoms with Gasteiger partial charge in [0, 0.05) is 5.56 Å². The van der Waals surface area contributed by atoms with Gasteiger partial charge in [-0.1, -0.05) is 11.3 Å². The molecule has 0 bridgehead atoms. The largest absolute Gasteiger partial charge is 0.493 e. The summed E-state index contributed by atoms with van der Waals surface area (Å²) in [7, 11) is 4.71. The first kappa shape index (κ1) is 12.7. The molecule has 0 aliphatic rings. The van der Waals surface area contributed by atoms with Crippen molar-refractivity contribution in [1.82, 2.24) is 19.8 Å². The summed E-state index contributed by atoms with van der Waals surface area (Å²) in [5, 5.41) is 12.4. The number of methoxy groups -OCH3 is 3. The lowest BCUT2D eigenvalue weighted by molar-refractivity contribution is 0.324. The highest BCUT2D eigenvalue weighted by Crippen LogP contribution is 2.40. The van der Waals surface area contributed by atoms with Crippen molar-refractivity contribution in [3.05, 3.63) is 17.6 Å². The lowest BCUT2D eigenvalue weighted by atomic mass is 10.1. The van der Waals surface area contributed by atoms with Crippen LogP contribution in [-0.2, 0) is 0 Å². The van der Waals surface area contributed by atoms with Crippen molar-refractivity contribution in [3.63, 3.8) is 0 Å². The molecule has 0 aliphatic heterocycles. The molecule has 20 heavy (non-hydrogen) atoms. The maximum Gasteiger partial charge on any atom is 0.234 e. The Morgan fingerprint density at radius 1 is 1.00 bits per heavy atom. The number of hydrogen-bond donors (Lipinski definition) is 0. The van der Waals surface area contributed by atoms with E-state index in [4.69, 9.17) is 14.2 Å². The van der Waals surface area contributed by atoms with E-state index < -0.39 is 0 Å². The highest BCUT2D eigenvalue weighted by Gasteiger charge is 2.17. The molecule has 0 saturated heterocycles. The van der Waals surface area contributed by atoms with E-state index in [-0.39, 0.29) is 0 Å². The summed E-state index contributed by atoms with van der Waals surface area (Å²) < 4.78 is 17.6. The minimum absolute atomic E-state index is 0.540. The average Bonchev–Trinajstić information content (AvgIpc) is 3.08. The van der Waals surface area contributed by atoms with Crippen LogP contribution in [-0.4, -0.2) is 41.1 Å². The molecule has 0 saturated carbocycles. The van der Waals surface area contributed by atoms with Gasteiger partial charge in [-0.25, -0.2) is 0 Å². The maximum absolute atomic E-state index is 5.33. The Kier molecular flexibility index (Phi) is 3.15. The number of aromatic nitrogens is 4. The predicted molar refractivity (Wildman–Crippen MR) is 73.8 cm³/mol. The molecule has 8 heteroatoms. The van der Waals surface area contributed by atoms with Crippen LogP contribution in [0.25, 0.3) is 16.3 Å². The van der Waals surface area contributed by atoms with Crippen LogP contribution < -0.4 is 14.2 Å². The highest BCUT2D eigenvalue weighted by atomic mass is 32.1. The number of ether oxygens (including phenoxy) is 3. The second-order valence-corrected chi connectivity index (χ2v) is 4.68. The molecule has 0 N–H and O–H groups in total. The molecule has 104 valence electrons. The van der Waals surface area contributed by atoms with Gasteiger partial charge >= 0.3 is 0 Å². The summed E-state index contributed by atoms with van der Waals surface area (Å²) >= 11 is 1.42. The van der Waals surface area contributed by atoms with Crippen LogP contribution in [0.2, 0.25) is 0 Å². The van der Waals surface area contributed by atoms with E-state index in [1.165, 1.54) is 11.3 Å². The van der Waals surface area contributed by atoms with E-state index in [2.05, 4.69) is 15.3 Å². The van der Waals surface area contributed by atoms with Crippen molar-refractivity contribution >= 4 is 16.3 Å². The van der Waals surface area contributed by atoms with Crippen molar-refractivity contribution < 1.29 is 14.2 Å². The Hall–Kier alpha value is -2.35. The van der Waals surface area contributed by atoms with E-state index in [0.717, 1.165) is 10.5 Å². The van der Waals surface area contributed by atoms with E-state index in [1.807, 2.05) is 12.1 Å². The van der Waals surface area contributed by atoms with Crippen LogP contribution in [0.1, 0.15) is 0 Å². The van der Waals surface area contributed by atoms with Gasteiger partial charge in [-0.2, -0.15) is 9.61 Å². The van der Waals surface area contributed by atoms with E-state index in [9.17, 15) is 0 Å². The number of benzene rings is 1. The molecular formula is C12H12N4O3S. The number of fused-ring (bicyclic) bond motifs is 1. The van der Waals surface area contributed by atoms with Gasteiger partial charge in [0.25, 0.3) is 0 Å². The summed E-state index contributed by atoms with van der Waals surface area (Å²) in [4.78, 5) is 0.730. The molecule has 3 aromatic rings. The van der Waals surface area contributed by atoms with Crippen molar-refractivity contribution in [2.45, 2.75) is 0 Å². The Labute approximate surface area is 118 Å². The van der Waals surface area contributed by atoms with Gasteiger partial charge in [-0.05, 0) is 12.1 Å². The second-order valence-electron chi connectivity index (χ2n) is 3.87. The van der Waals surface area contributed by atoms with Gasteiger partial charge in [0.05, 0.1) is 21.3 Å². The molecular weight excluding hydrogens is 280 g/mol. The van der Waals surface area contributed by atoms with Crippen molar-refractivity contribution in [2.24, 2.45) is 0 Å². The first-order valence-corrected chi connectivity index (χ1v) is 6.61. The zero-order valence-corrected chi connectivity index (χ0v) is 12.0. The first-order valence-electron chi connectivity index (χ1n) is 5.73. The fraction of sp³-hybridized carbons (Fsp3) is 0.250. The number of rotatable bonds is 4. The molecule has 0 atom stereocenters. The quantitative estimate of drug-likeness (QED) is 0.731. The van der Waals surface area contributed by atoms with Gasteiger partial charge in [-0.15, -0.1) is 10.2 Å². The minimum Gasteiger partial charge on any atom is -0.493 e. The summed E-state index contributed by atoms with van der Waals surface area (Å²) in [6.45, 7) is 0. The van der Waals surface area contributed by atoms with E-state index in [1.54, 1.807) is 31.4 Å². The summed E-state index contributed by atoms with van der Waals surface area (Å²) in [5.41, 5.74) is 2.50. The maximum atomic E-state index is 5.33. The zero-order chi connectivity index (χ0) is 14.1. The average molecular weight is 292 g/mol. The summed E-state index contributed by atoms with van der Waals surface area (Å²) in [6.07, 6.45) is 0. The van der Waals surface area contributed by atoms with Gasteiger partial charge in [0.1, 0.15) is 5.51 Å². The van der Waals surface area contributed by atoms with Crippen molar-refractivity contribution in [1.29, 1.82) is 0 Å².